The van der Waals surface area contributed by atoms with Gasteiger partial charge in [-0.2, -0.15) is 0 Å². The van der Waals surface area contributed by atoms with Crippen LogP contribution in [0.2, 0.25) is 0 Å². The first kappa shape index (κ1) is 28.6. The Morgan fingerprint density at radius 1 is 0.373 bits per heavy atom. The second-order valence-corrected chi connectivity index (χ2v) is 14.0. The zero-order valence-corrected chi connectivity index (χ0v) is 28.2. The van der Waals surface area contributed by atoms with E-state index in [1.54, 1.807) is 0 Å². The summed E-state index contributed by atoms with van der Waals surface area (Å²) in [6, 6.07) is 58.3. The fourth-order valence-electron chi connectivity index (χ4n) is 8.77. The maximum Gasteiger partial charge on any atom is 0.0577 e. The van der Waals surface area contributed by atoms with Crippen LogP contribution in [-0.2, 0) is 0 Å². The van der Waals surface area contributed by atoms with Crippen molar-refractivity contribution >= 4 is 32.7 Å². The lowest BCUT2D eigenvalue weighted by Gasteiger charge is -2.28. The van der Waals surface area contributed by atoms with Crippen LogP contribution in [0, 0.1) is 19.3 Å². The molecule has 236 valence electrons. The minimum atomic E-state index is 1.26. The van der Waals surface area contributed by atoms with Crippen LogP contribution in [0.25, 0.3) is 88.3 Å². The van der Waals surface area contributed by atoms with Gasteiger partial charge in [-0.05, 0) is 124 Å². The van der Waals surface area contributed by atoms with E-state index in [0.29, 0.717) is 0 Å². The molecule has 3 aliphatic carbocycles. The summed E-state index contributed by atoms with van der Waals surface area (Å²) < 4.78 is 0. The molecule has 8 aromatic rings. The van der Waals surface area contributed by atoms with Gasteiger partial charge >= 0.3 is 0 Å². The molecule has 0 saturated heterocycles. The molecule has 0 bridgehead atoms. The van der Waals surface area contributed by atoms with Gasteiger partial charge in [-0.1, -0.05) is 164 Å². The Bertz CT molecular complexity index is 2820. The Kier molecular flexibility index (Phi) is 6.10. The monoisotopic (exact) mass is 644 g/mol. The van der Waals surface area contributed by atoms with E-state index in [4.69, 9.17) is 0 Å². The van der Waals surface area contributed by atoms with Crippen LogP contribution < -0.4 is 0 Å². The minimum Gasteiger partial charge on any atom is -0.0716 e. The van der Waals surface area contributed by atoms with Gasteiger partial charge < -0.3 is 0 Å². The fourth-order valence-corrected chi connectivity index (χ4v) is 8.77. The maximum absolute atomic E-state index is 2.51. The van der Waals surface area contributed by atoms with Gasteiger partial charge in [0.25, 0.3) is 0 Å². The lowest BCUT2D eigenvalue weighted by Crippen LogP contribution is -2.06. The average Bonchev–Trinajstić information content (AvgIpc) is 4.13. The molecule has 0 aromatic heterocycles. The Labute approximate surface area is 298 Å². The molecule has 0 nitrogen and oxygen atoms in total. The van der Waals surface area contributed by atoms with Crippen molar-refractivity contribution in [1.82, 2.24) is 0 Å². The SMILES string of the molecule is Cc1c(-c2cccc(-c3cccc4ccccc34)c2C2=C[CH]2)cc2c(c1-c1ccccc1)C1=C[C]1c1c-2cccc1-c1cccc2ccccc12. The van der Waals surface area contributed by atoms with Crippen molar-refractivity contribution in [3.8, 4) is 55.6 Å². The maximum atomic E-state index is 2.51. The summed E-state index contributed by atoms with van der Waals surface area (Å²) in [4.78, 5) is 0. The Balaban J connectivity index is 1.20. The van der Waals surface area contributed by atoms with Crippen molar-refractivity contribution in [2.24, 2.45) is 0 Å². The number of hydrogen-bond acceptors (Lipinski definition) is 0. The summed E-state index contributed by atoms with van der Waals surface area (Å²) in [5, 5.41) is 5.11. The molecule has 51 heavy (non-hydrogen) atoms. The zero-order valence-electron chi connectivity index (χ0n) is 28.2. The van der Waals surface area contributed by atoms with E-state index in [1.165, 1.54) is 116 Å². The van der Waals surface area contributed by atoms with Crippen LogP contribution in [-0.4, -0.2) is 0 Å². The third-order valence-corrected chi connectivity index (χ3v) is 11.2. The summed E-state index contributed by atoms with van der Waals surface area (Å²) >= 11 is 0. The molecule has 0 heterocycles. The highest BCUT2D eigenvalue weighted by Gasteiger charge is 2.41. The number of hydrogen-bond donors (Lipinski definition) is 0. The first-order chi connectivity index (χ1) is 25.2. The second kappa shape index (κ2) is 10.9. The topological polar surface area (TPSA) is 0 Å². The molecule has 0 saturated carbocycles. The molecule has 0 atom stereocenters. The molecule has 0 spiro atoms. The minimum absolute atomic E-state index is 1.26. The van der Waals surface area contributed by atoms with E-state index in [0.717, 1.165) is 0 Å². The lowest BCUT2D eigenvalue weighted by atomic mass is 9.75. The van der Waals surface area contributed by atoms with Crippen LogP contribution in [0.1, 0.15) is 22.3 Å². The summed E-state index contributed by atoms with van der Waals surface area (Å²) in [6.07, 6.45) is 6.95. The van der Waals surface area contributed by atoms with E-state index < -0.39 is 0 Å². The largest absolute Gasteiger partial charge is 0.0716 e. The smallest absolute Gasteiger partial charge is 0.0577 e. The highest BCUT2D eigenvalue weighted by atomic mass is 14.4. The summed E-state index contributed by atoms with van der Waals surface area (Å²) in [5.41, 5.74) is 21.0. The lowest BCUT2D eigenvalue weighted by molar-refractivity contribution is 1.38. The number of benzene rings is 8. The van der Waals surface area contributed by atoms with Crippen molar-refractivity contribution in [2.75, 3.05) is 0 Å². The highest BCUT2D eigenvalue weighted by Crippen LogP contribution is 2.61. The molecule has 0 fully saturated rings. The molecule has 0 aliphatic heterocycles. The fraction of sp³-hybridized carbons (Fsp3) is 0.0196. The third kappa shape index (κ3) is 4.33. The Morgan fingerprint density at radius 3 is 1.49 bits per heavy atom. The van der Waals surface area contributed by atoms with E-state index in [9.17, 15) is 0 Å². The molecular formula is C51H32. The molecule has 0 amide bonds. The normalized spacial score (nSPS) is 14.1. The third-order valence-electron chi connectivity index (χ3n) is 11.2. The van der Waals surface area contributed by atoms with Gasteiger partial charge in [0.15, 0.2) is 0 Å². The van der Waals surface area contributed by atoms with E-state index >= 15 is 0 Å². The first-order valence-electron chi connectivity index (χ1n) is 17.9. The van der Waals surface area contributed by atoms with E-state index in [1.807, 2.05) is 0 Å². The molecule has 3 aliphatic rings. The van der Waals surface area contributed by atoms with Gasteiger partial charge in [0.05, 0.1) is 5.92 Å². The summed E-state index contributed by atoms with van der Waals surface area (Å²) in [5.74, 6) is 1.38. The molecule has 0 unspecified atom stereocenters. The van der Waals surface area contributed by atoms with Gasteiger partial charge in [0, 0.05) is 6.42 Å². The molecule has 11 rings (SSSR count). The molecule has 2 radical (unpaired) electrons. The van der Waals surface area contributed by atoms with Gasteiger partial charge in [-0.3, -0.25) is 0 Å². The standard InChI is InChI=1S/C51H32/c1-31-44(42-25-11-23-40(49(42)35-27-28-35)38-21-9-17-32-13-5-7-19-36(32)38)29-45-43-26-12-24-41(39-22-10-18-33-14-6-8-20-37(33)39)50(43)46-30-47(46)51(45)48(31)34-15-3-2-4-16-34/h2-30H,1H3. The molecule has 8 aromatic carbocycles. The van der Waals surface area contributed by atoms with Crippen molar-refractivity contribution in [3.63, 3.8) is 0 Å². The number of fused-ring (bicyclic) bond motifs is 8. The van der Waals surface area contributed by atoms with Crippen molar-refractivity contribution in [1.29, 1.82) is 0 Å². The Hall–Kier alpha value is -6.24. The van der Waals surface area contributed by atoms with E-state index in [2.05, 4.69) is 183 Å². The van der Waals surface area contributed by atoms with Crippen molar-refractivity contribution in [3.05, 3.63) is 204 Å². The number of rotatable bonds is 5. The summed E-state index contributed by atoms with van der Waals surface area (Å²) in [7, 11) is 0. The van der Waals surface area contributed by atoms with Gasteiger partial charge in [0.1, 0.15) is 0 Å². The molecule has 0 N–H and O–H groups in total. The van der Waals surface area contributed by atoms with Crippen LogP contribution in [0.3, 0.4) is 0 Å². The van der Waals surface area contributed by atoms with E-state index in [-0.39, 0.29) is 0 Å². The molecular weight excluding hydrogens is 613 g/mol. The van der Waals surface area contributed by atoms with Crippen LogP contribution in [0.5, 0.6) is 0 Å². The van der Waals surface area contributed by atoms with Crippen LogP contribution in [0.15, 0.2) is 170 Å². The highest BCUT2D eigenvalue weighted by molar-refractivity contribution is 6.16. The van der Waals surface area contributed by atoms with Crippen LogP contribution in [0.4, 0.5) is 0 Å². The first-order valence-corrected chi connectivity index (χ1v) is 17.9. The van der Waals surface area contributed by atoms with Crippen molar-refractivity contribution < 1.29 is 0 Å². The van der Waals surface area contributed by atoms with Gasteiger partial charge in [-0.25, -0.2) is 0 Å². The van der Waals surface area contributed by atoms with Gasteiger partial charge in [0.2, 0.25) is 0 Å². The average molecular weight is 645 g/mol. The zero-order chi connectivity index (χ0) is 33.6. The summed E-state index contributed by atoms with van der Waals surface area (Å²) in [6.45, 7) is 2.34. The number of allylic oxidation sites excluding steroid dienone is 4. The van der Waals surface area contributed by atoms with Gasteiger partial charge in [-0.15, -0.1) is 0 Å². The van der Waals surface area contributed by atoms with Crippen molar-refractivity contribution in [2.45, 2.75) is 6.92 Å². The Morgan fingerprint density at radius 2 is 0.863 bits per heavy atom. The quantitative estimate of drug-likeness (QED) is 0.175. The molecule has 0 heteroatoms. The van der Waals surface area contributed by atoms with Crippen LogP contribution >= 0.6 is 0 Å². The second-order valence-electron chi connectivity index (χ2n) is 14.0. The predicted octanol–water partition coefficient (Wildman–Crippen LogP) is 13.6. The predicted molar refractivity (Wildman–Crippen MR) is 216 cm³/mol.